The second-order valence-electron chi connectivity index (χ2n) is 2.93. The summed E-state index contributed by atoms with van der Waals surface area (Å²) in [5.74, 6) is 0.774. The minimum atomic E-state index is -0.116. The lowest BCUT2D eigenvalue weighted by Crippen LogP contribution is -2.18. The van der Waals surface area contributed by atoms with Gasteiger partial charge in [0.1, 0.15) is 11.5 Å². The first-order valence-corrected chi connectivity index (χ1v) is 4.54. The fourth-order valence-corrected chi connectivity index (χ4v) is 1.08. The molecule has 1 rings (SSSR count). The van der Waals surface area contributed by atoms with Crippen molar-refractivity contribution in [1.82, 2.24) is 15.3 Å². The number of carbonyl (C=O) groups is 1. The maximum absolute atomic E-state index is 11.1. The number of unbranched alkanes of at least 4 members (excludes halogenated alkanes) is 1. The molecule has 1 aromatic rings. The number of H-pyrrole nitrogens is 1. The minimum absolute atomic E-state index is 0.116. The van der Waals surface area contributed by atoms with Crippen molar-refractivity contribution >= 4 is 5.91 Å². The summed E-state index contributed by atoms with van der Waals surface area (Å²) >= 11 is 0. The zero-order chi connectivity index (χ0) is 9.68. The number of aryl methyl sites for hydroxylation is 1. The van der Waals surface area contributed by atoms with Gasteiger partial charge in [0.15, 0.2) is 0 Å². The molecule has 0 unspecified atom stereocenters. The molecule has 0 aliphatic heterocycles. The predicted molar refractivity (Wildman–Crippen MR) is 50.6 cm³/mol. The molecule has 1 heterocycles. The van der Waals surface area contributed by atoms with Gasteiger partial charge in [0.05, 0.1) is 6.20 Å². The summed E-state index contributed by atoms with van der Waals surface area (Å²) < 4.78 is 0. The Morgan fingerprint density at radius 3 is 3.08 bits per heavy atom. The molecule has 0 aliphatic rings. The molecule has 0 aliphatic carbocycles. The summed E-state index contributed by atoms with van der Waals surface area (Å²) in [5.41, 5.74) is 0.536. The van der Waals surface area contributed by atoms with Crippen LogP contribution in [0.4, 0.5) is 0 Å². The topological polar surface area (TPSA) is 57.8 Å². The van der Waals surface area contributed by atoms with Crippen LogP contribution in [0.25, 0.3) is 0 Å². The van der Waals surface area contributed by atoms with Gasteiger partial charge in [-0.3, -0.25) is 4.79 Å². The summed E-state index contributed by atoms with van der Waals surface area (Å²) in [5, 5.41) is 2.54. The molecule has 0 saturated carbocycles. The number of nitrogens with zero attached hydrogens (tertiary/aromatic N) is 1. The van der Waals surface area contributed by atoms with E-state index in [1.54, 1.807) is 13.2 Å². The third kappa shape index (κ3) is 2.57. The Morgan fingerprint density at radius 2 is 2.46 bits per heavy atom. The Bertz CT molecular complexity index is 280. The van der Waals surface area contributed by atoms with Crippen molar-refractivity contribution in [2.24, 2.45) is 0 Å². The van der Waals surface area contributed by atoms with Crippen LogP contribution in [0.3, 0.4) is 0 Å². The van der Waals surface area contributed by atoms with Crippen molar-refractivity contribution in [3.8, 4) is 0 Å². The molecule has 0 fully saturated rings. The Balaban J connectivity index is 2.58. The summed E-state index contributed by atoms with van der Waals surface area (Å²) in [7, 11) is 1.61. The van der Waals surface area contributed by atoms with Crippen LogP contribution < -0.4 is 5.32 Å². The fourth-order valence-electron chi connectivity index (χ4n) is 1.08. The Hall–Kier alpha value is -1.32. The van der Waals surface area contributed by atoms with Crippen LogP contribution in [0.15, 0.2) is 6.20 Å². The number of carbonyl (C=O) groups excluding carboxylic acids is 1. The molecule has 0 saturated heterocycles. The summed E-state index contributed by atoms with van der Waals surface area (Å²) in [6.45, 7) is 2.13. The van der Waals surface area contributed by atoms with Crippen LogP contribution in [0.1, 0.15) is 36.1 Å². The maximum atomic E-state index is 11.1. The largest absolute Gasteiger partial charge is 0.354 e. The highest BCUT2D eigenvalue weighted by Crippen LogP contribution is 2.01. The highest BCUT2D eigenvalue weighted by molar-refractivity contribution is 5.91. The van der Waals surface area contributed by atoms with Gasteiger partial charge in [0.25, 0.3) is 5.91 Å². The van der Waals surface area contributed by atoms with Crippen LogP contribution in [0.5, 0.6) is 0 Å². The van der Waals surface area contributed by atoms with E-state index in [2.05, 4.69) is 22.2 Å². The molecule has 1 aromatic heterocycles. The zero-order valence-electron chi connectivity index (χ0n) is 8.05. The summed E-state index contributed by atoms with van der Waals surface area (Å²) in [6.07, 6.45) is 4.72. The molecule has 0 spiro atoms. The van der Waals surface area contributed by atoms with Gasteiger partial charge in [-0.1, -0.05) is 13.3 Å². The first-order chi connectivity index (χ1) is 6.27. The molecule has 4 nitrogen and oxygen atoms in total. The lowest BCUT2D eigenvalue weighted by atomic mass is 10.2. The molecule has 2 N–H and O–H groups in total. The molecule has 1 amide bonds. The van der Waals surface area contributed by atoms with E-state index in [9.17, 15) is 4.79 Å². The number of rotatable bonds is 4. The lowest BCUT2D eigenvalue weighted by Gasteiger charge is -1.94. The molecule has 13 heavy (non-hydrogen) atoms. The average molecular weight is 181 g/mol. The molecule has 0 bridgehead atoms. The van der Waals surface area contributed by atoms with Crippen molar-refractivity contribution in [1.29, 1.82) is 0 Å². The van der Waals surface area contributed by atoms with Gasteiger partial charge in [-0.05, 0) is 6.42 Å². The van der Waals surface area contributed by atoms with Gasteiger partial charge in [0.2, 0.25) is 0 Å². The number of imidazole rings is 1. The van der Waals surface area contributed by atoms with Crippen LogP contribution in [-0.2, 0) is 6.42 Å². The Morgan fingerprint density at radius 1 is 1.69 bits per heavy atom. The maximum Gasteiger partial charge on any atom is 0.269 e. The standard InChI is InChI=1S/C9H15N3O/c1-3-4-5-8-11-6-7(12-8)9(13)10-2/h6H,3-5H2,1-2H3,(H,10,13)(H,11,12). The molecule has 0 atom stereocenters. The number of hydrogen-bond acceptors (Lipinski definition) is 2. The van der Waals surface area contributed by atoms with Gasteiger partial charge in [-0.25, -0.2) is 4.98 Å². The highest BCUT2D eigenvalue weighted by Gasteiger charge is 2.06. The number of amides is 1. The first-order valence-electron chi connectivity index (χ1n) is 4.54. The lowest BCUT2D eigenvalue weighted by molar-refractivity contribution is 0.0958. The van der Waals surface area contributed by atoms with Crippen molar-refractivity contribution in [3.63, 3.8) is 0 Å². The monoisotopic (exact) mass is 181 g/mol. The molecule has 4 heteroatoms. The number of aromatic amines is 1. The van der Waals surface area contributed by atoms with E-state index in [0.29, 0.717) is 5.69 Å². The van der Waals surface area contributed by atoms with E-state index >= 15 is 0 Å². The average Bonchev–Trinajstić information content (AvgIpc) is 2.62. The van der Waals surface area contributed by atoms with E-state index in [1.165, 1.54) is 0 Å². The number of aromatic nitrogens is 2. The first kappa shape index (κ1) is 9.77. The molecule has 0 radical (unpaired) electrons. The molecule has 0 aromatic carbocycles. The molecule has 72 valence electrons. The van der Waals surface area contributed by atoms with Gasteiger partial charge in [-0.15, -0.1) is 0 Å². The second kappa shape index (κ2) is 4.64. The van der Waals surface area contributed by atoms with Crippen molar-refractivity contribution in [2.45, 2.75) is 26.2 Å². The van der Waals surface area contributed by atoms with E-state index in [0.717, 1.165) is 25.1 Å². The van der Waals surface area contributed by atoms with E-state index in [1.807, 2.05) is 0 Å². The van der Waals surface area contributed by atoms with E-state index in [-0.39, 0.29) is 5.91 Å². The summed E-state index contributed by atoms with van der Waals surface area (Å²) in [6, 6.07) is 0. The minimum Gasteiger partial charge on any atom is -0.354 e. The predicted octanol–water partition coefficient (Wildman–Crippen LogP) is 1.11. The zero-order valence-corrected chi connectivity index (χ0v) is 8.05. The SMILES string of the molecule is CCCCc1ncc(C(=O)NC)[nH]1. The van der Waals surface area contributed by atoms with Crippen molar-refractivity contribution in [3.05, 3.63) is 17.7 Å². The smallest absolute Gasteiger partial charge is 0.269 e. The molecular weight excluding hydrogens is 166 g/mol. The third-order valence-corrected chi connectivity index (χ3v) is 1.87. The van der Waals surface area contributed by atoms with Gasteiger partial charge >= 0.3 is 0 Å². The second-order valence-corrected chi connectivity index (χ2v) is 2.93. The fraction of sp³-hybridized carbons (Fsp3) is 0.556. The highest BCUT2D eigenvalue weighted by atomic mass is 16.1. The van der Waals surface area contributed by atoms with E-state index < -0.39 is 0 Å². The quantitative estimate of drug-likeness (QED) is 0.731. The number of nitrogens with one attached hydrogen (secondary N) is 2. The van der Waals surface area contributed by atoms with Crippen LogP contribution in [0.2, 0.25) is 0 Å². The Kier molecular flexibility index (Phi) is 3.49. The number of hydrogen-bond donors (Lipinski definition) is 2. The summed E-state index contributed by atoms with van der Waals surface area (Å²) in [4.78, 5) is 18.2. The van der Waals surface area contributed by atoms with Gasteiger partial charge < -0.3 is 10.3 Å². The van der Waals surface area contributed by atoms with E-state index in [4.69, 9.17) is 0 Å². The normalized spacial score (nSPS) is 10.0. The van der Waals surface area contributed by atoms with Gasteiger partial charge in [0, 0.05) is 13.5 Å². The van der Waals surface area contributed by atoms with Gasteiger partial charge in [-0.2, -0.15) is 0 Å². The molecular formula is C9H15N3O. The van der Waals surface area contributed by atoms with Crippen LogP contribution in [-0.4, -0.2) is 22.9 Å². The Labute approximate surface area is 77.8 Å². The van der Waals surface area contributed by atoms with Crippen molar-refractivity contribution in [2.75, 3.05) is 7.05 Å². The van der Waals surface area contributed by atoms with Crippen molar-refractivity contribution < 1.29 is 4.79 Å². The third-order valence-electron chi connectivity index (χ3n) is 1.87. The van der Waals surface area contributed by atoms with Crippen LogP contribution in [0, 0.1) is 0 Å². The van der Waals surface area contributed by atoms with Crippen LogP contribution >= 0.6 is 0 Å².